The fourth-order valence-electron chi connectivity index (χ4n) is 8.57. The monoisotopic (exact) mass is 1370 g/mol. The zero-order valence-corrected chi connectivity index (χ0v) is 58.3. The first-order chi connectivity index (χ1) is 46.6. The van der Waals surface area contributed by atoms with Gasteiger partial charge in [-0.2, -0.15) is 4.67 Å². The number of hydrogen-bond acceptors (Lipinski definition) is 25. The normalized spacial score (nSPS) is 13.2. The molecule has 0 bridgehead atoms. The largest absolute Gasteiger partial charge is 0.381 e. The highest BCUT2D eigenvalue weighted by Crippen LogP contribution is 2.41. The van der Waals surface area contributed by atoms with Gasteiger partial charge in [0.25, 0.3) is 0 Å². The molecular formula is C66H115N6O22P. The Kier molecular flexibility index (Phi) is 57.4. The van der Waals surface area contributed by atoms with Gasteiger partial charge in [-0.05, 0) is 51.2 Å². The van der Waals surface area contributed by atoms with Crippen molar-refractivity contribution in [2.24, 2.45) is 17.5 Å². The molecule has 0 saturated carbocycles. The molecule has 1 aliphatic heterocycles. The summed E-state index contributed by atoms with van der Waals surface area (Å²) < 4.78 is 94.5. The number of anilines is 1. The Hall–Kier alpha value is -4.47. The lowest BCUT2D eigenvalue weighted by Crippen LogP contribution is -2.35. The van der Waals surface area contributed by atoms with Gasteiger partial charge in [0, 0.05) is 56.0 Å². The Balaban J connectivity index is 0.0000100. The maximum Gasteiger partial charge on any atom is 0.363 e. The zero-order chi connectivity index (χ0) is 68.7. The minimum absolute atomic E-state index is 0.0112. The van der Waals surface area contributed by atoms with Gasteiger partial charge < -0.3 is 102 Å². The number of ether oxygens (including phenoxy) is 14. The van der Waals surface area contributed by atoms with Gasteiger partial charge in [-0.3, -0.25) is 25.0 Å². The molecule has 3 amide bonds. The second-order valence-electron chi connectivity index (χ2n) is 21.5. The lowest BCUT2D eigenvalue weighted by atomic mass is 9.95. The predicted molar refractivity (Wildman–Crippen MR) is 360 cm³/mol. The van der Waals surface area contributed by atoms with E-state index in [0.717, 1.165) is 60.2 Å². The summed E-state index contributed by atoms with van der Waals surface area (Å²) in [4.78, 5) is 52.7. The molecule has 0 saturated heterocycles. The second-order valence-corrected chi connectivity index (χ2v) is 22.5. The lowest BCUT2D eigenvalue weighted by molar-refractivity contribution is -0.192. The number of para-hydroxylation sites is 1. The molecule has 0 spiro atoms. The molecule has 0 aromatic heterocycles. The molecule has 29 heteroatoms. The summed E-state index contributed by atoms with van der Waals surface area (Å²) in [6, 6.07) is 15.8. The van der Waals surface area contributed by atoms with Crippen molar-refractivity contribution in [2.45, 2.75) is 98.1 Å². The van der Waals surface area contributed by atoms with Crippen LogP contribution in [-0.4, -0.2) is 242 Å². The van der Waals surface area contributed by atoms with Crippen molar-refractivity contribution < 1.29 is 104 Å². The molecule has 0 fully saturated rings. The fourth-order valence-corrected chi connectivity index (χ4v) is 9.46. The number of unbranched alkanes of at least 4 members (excludes halogenated alkanes) is 4. The first-order valence-electron chi connectivity index (χ1n) is 33.3. The van der Waals surface area contributed by atoms with Gasteiger partial charge in [0.05, 0.1) is 222 Å². The van der Waals surface area contributed by atoms with Gasteiger partial charge in [0.2, 0.25) is 18.2 Å². The van der Waals surface area contributed by atoms with Crippen molar-refractivity contribution in [1.82, 2.24) is 16.1 Å². The number of nitrogens with zero attached hydrogens (tertiary/aromatic N) is 1. The van der Waals surface area contributed by atoms with Crippen molar-refractivity contribution in [3.63, 3.8) is 0 Å². The summed E-state index contributed by atoms with van der Waals surface area (Å²) >= 11 is 0. The first kappa shape index (κ1) is 86.6. The molecule has 2 aromatic carbocycles. The first-order valence-corrected chi connectivity index (χ1v) is 34.4. The number of Topliss-reactive ketones (excluding diaryl/α,β-unsaturated/α-hetero) is 1. The van der Waals surface area contributed by atoms with Gasteiger partial charge in [-0.1, -0.05) is 69.2 Å². The van der Waals surface area contributed by atoms with E-state index in [2.05, 4.69) is 26.7 Å². The molecule has 1 aliphatic rings. The third-order valence-corrected chi connectivity index (χ3v) is 14.6. The van der Waals surface area contributed by atoms with Crippen LogP contribution in [0.1, 0.15) is 102 Å². The molecule has 0 aliphatic carbocycles. The Morgan fingerprint density at radius 2 is 0.916 bits per heavy atom. The maximum absolute atomic E-state index is 13.9. The van der Waals surface area contributed by atoms with E-state index in [1.165, 1.54) is 7.11 Å². The van der Waals surface area contributed by atoms with Crippen LogP contribution in [-0.2, 0) is 111 Å². The predicted octanol–water partition coefficient (Wildman–Crippen LogP) is 5.84. The molecule has 7 N–H and O–H groups in total. The number of hydrogen-bond donors (Lipinski definition) is 5. The van der Waals surface area contributed by atoms with Crippen molar-refractivity contribution in [2.75, 3.05) is 217 Å². The third-order valence-electron chi connectivity index (χ3n) is 13.3. The van der Waals surface area contributed by atoms with Gasteiger partial charge >= 0.3 is 8.60 Å². The quantitative estimate of drug-likeness (QED) is 0.0130. The van der Waals surface area contributed by atoms with E-state index in [0.29, 0.717) is 243 Å². The Morgan fingerprint density at radius 1 is 0.495 bits per heavy atom. The van der Waals surface area contributed by atoms with Gasteiger partial charge in [-0.15, -0.1) is 0 Å². The van der Waals surface area contributed by atoms with Crippen LogP contribution in [0.5, 0.6) is 0 Å². The van der Waals surface area contributed by atoms with E-state index in [1.807, 2.05) is 81.1 Å². The third kappa shape index (κ3) is 47.2. The standard InChI is InChI=1S/C65H112N5O21P.CH3NO/c1-55(2)61(71)21-27-76-31-35-80-39-38-79-34-30-75-25-15-12-20-63(73)70-54-57-16-8-9-17-58(57)64(65(69-66)59-18-10-11-19-60(59)70)68-24-29-78-33-37-82-41-43-84-45-47-86-49-51-88-53-52-87-50-48-85-46-44-83-42-40-81-36-32-77-28-22-62(72)67-23-13-6-7-14-26-89-92(91-74-5)90-56(3)4;2-1-3/h8-11,16-19,55-56,68-69H,6-7,12-15,20-54,66H2,1-5H3,(H,67,72);1H,(H2,2,3)/b65-64-;. The number of carbonyl (C=O) groups is 4. The van der Waals surface area contributed by atoms with E-state index < -0.39 is 8.60 Å². The number of fused-ring (bicyclic) bond motifs is 2. The Labute approximate surface area is 565 Å². The highest BCUT2D eigenvalue weighted by molar-refractivity contribution is 7.41. The minimum Gasteiger partial charge on any atom is -0.381 e. The summed E-state index contributed by atoms with van der Waals surface area (Å²) in [5.41, 5.74) is 12.1. The maximum atomic E-state index is 13.9. The van der Waals surface area contributed by atoms with Crippen LogP contribution in [0.4, 0.5) is 5.69 Å². The van der Waals surface area contributed by atoms with E-state index in [4.69, 9.17) is 90.7 Å². The summed E-state index contributed by atoms with van der Waals surface area (Å²) in [6.45, 7) is 22.2. The smallest absolute Gasteiger partial charge is 0.363 e. The summed E-state index contributed by atoms with van der Waals surface area (Å²) in [7, 11) is -0.0699. The number of nitrogens with one attached hydrogen (secondary N) is 3. The van der Waals surface area contributed by atoms with Crippen molar-refractivity contribution >= 4 is 49.7 Å². The van der Waals surface area contributed by atoms with Gasteiger partial charge in [0.1, 0.15) is 5.78 Å². The fraction of sp³-hybridized carbons (Fsp3) is 0.727. The number of benzene rings is 2. The number of hydrazine groups is 1. The van der Waals surface area contributed by atoms with Crippen LogP contribution >= 0.6 is 8.60 Å². The highest BCUT2D eigenvalue weighted by atomic mass is 31.2. The van der Waals surface area contributed by atoms with Crippen LogP contribution in [0.2, 0.25) is 0 Å². The van der Waals surface area contributed by atoms with Crippen LogP contribution in [0.3, 0.4) is 0 Å². The summed E-state index contributed by atoms with van der Waals surface area (Å²) in [5, 5.41) is 6.49. The van der Waals surface area contributed by atoms with Gasteiger partial charge in [-0.25, -0.2) is 4.89 Å². The molecule has 1 heterocycles. The molecule has 0 radical (unpaired) electrons. The van der Waals surface area contributed by atoms with E-state index in [-0.39, 0.29) is 36.0 Å². The van der Waals surface area contributed by atoms with Crippen LogP contribution < -0.4 is 32.5 Å². The number of ketones is 1. The molecule has 28 nitrogen and oxygen atoms in total. The zero-order valence-electron chi connectivity index (χ0n) is 57.4. The molecule has 546 valence electrons. The average Bonchev–Trinajstić information content (AvgIpc) is 0.780. The number of primary amides is 1. The lowest BCUT2D eigenvalue weighted by Gasteiger charge is -2.31. The van der Waals surface area contributed by atoms with Crippen LogP contribution in [0, 0.1) is 5.92 Å². The Bertz CT molecular complexity index is 2210. The van der Waals surface area contributed by atoms with Crippen LogP contribution in [0.25, 0.3) is 11.4 Å². The molecule has 2 aromatic rings. The van der Waals surface area contributed by atoms with Crippen molar-refractivity contribution in [3.05, 3.63) is 65.2 Å². The van der Waals surface area contributed by atoms with Crippen LogP contribution in [0.15, 0.2) is 48.5 Å². The highest BCUT2D eigenvalue weighted by Gasteiger charge is 2.27. The Morgan fingerprint density at radius 3 is 1.39 bits per heavy atom. The number of rotatable bonds is 65. The average molecular weight is 1380 g/mol. The number of carbonyl (C=O) groups excluding carboxylic acids is 4. The summed E-state index contributed by atoms with van der Waals surface area (Å²) in [6.07, 6.45) is 6.49. The SMILES string of the molecule is COOP(OCCCCCCNC(=O)CCOCCOCCOCCOCCOCCOCCOCCOCCOCCOCCN/C1=C(\NN)c2ccccc2N(C(=O)CCCCOCCOCCOCCOCCC(=O)C(C)C)Cc2ccccc21)OC(C)C.NC=O. The van der Waals surface area contributed by atoms with E-state index in [1.54, 1.807) is 0 Å². The topological polar surface area (TPSA) is 326 Å². The molecular weight excluding hydrogens is 1260 g/mol. The van der Waals surface area contributed by atoms with E-state index >= 15 is 0 Å². The van der Waals surface area contributed by atoms with Crippen molar-refractivity contribution in [1.29, 1.82) is 0 Å². The minimum atomic E-state index is -1.50. The van der Waals surface area contributed by atoms with Gasteiger partial charge in [0.15, 0.2) is 0 Å². The van der Waals surface area contributed by atoms with E-state index in [9.17, 15) is 14.4 Å². The molecule has 1 unspecified atom stereocenters. The molecule has 95 heavy (non-hydrogen) atoms. The number of nitrogens with two attached hydrogens (primary N) is 2. The second kappa shape index (κ2) is 63.0. The molecule has 1 atom stereocenters. The summed E-state index contributed by atoms with van der Waals surface area (Å²) in [5.74, 6) is 6.49. The van der Waals surface area contributed by atoms with Crippen molar-refractivity contribution in [3.8, 4) is 0 Å². The number of amides is 3. The molecule has 3 rings (SSSR count).